The Morgan fingerprint density at radius 1 is 1.60 bits per heavy atom. The van der Waals surface area contributed by atoms with Gasteiger partial charge in [-0.2, -0.15) is 0 Å². The molecule has 0 radical (unpaired) electrons. The Bertz CT molecular complexity index is 496. The summed E-state index contributed by atoms with van der Waals surface area (Å²) in [6.07, 6.45) is 1.51. The smallest absolute Gasteiger partial charge is 0.206 e. The van der Waals surface area contributed by atoms with Gasteiger partial charge in [0, 0.05) is 4.47 Å². The second-order valence-corrected chi connectivity index (χ2v) is 5.46. The van der Waals surface area contributed by atoms with Crippen molar-refractivity contribution in [3.8, 4) is 0 Å². The fraction of sp³-hybridized carbons (Fsp3) is 0.100. The van der Waals surface area contributed by atoms with Gasteiger partial charge in [0.05, 0.1) is 16.7 Å². The summed E-state index contributed by atoms with van der Waals surface area (Å²) in [6.45, 7) is 1.76. The number of rotatable bonds is 2. The molecule has 2 aromatic rings. The number of aryl methyl sites for hydroxylation is 1. The molecule has 0 atom stereocenters. The molecule has 2 heterocycles. The first-order valence-corrected chi connectivity index (χ1v) is 6.12. The van der Waals surface area contributed by atoms with Gasteiger partial charge >= 0.3 is 0 Å². The Hall–Kier alpha value is -0.580. The zero-order valence-electron chi connectivity index (χ0n) is 7.71. The molecule has 0 aromatic carbocycles. The van der Waals surface area contributed by atoms with E-state index in [1.165, 1.54) is 17.6 Å². The number of halogens is 2. The zero-order chi connectivity index (χ0) is 11.0. The highest BCUT2D eigenvalue weighted by Crippen LogP contribution is 2.33. The predicted octanol–water partition coefficient (Wildman–Crippen LogP) is 4.30. The fourth-order valence-corrected chi connectivity index (χ4v) is 2.87. The van der Waals surface area contributed by atoms with Gasteiger partial charge in [-0.1, -0.05) is 11.6 Å². The van der Waals surface area contributed by atoms with Crippen LogP contribution in [0.3, 0.4) is 0 Å². The number of thiophene rings is 1. The van der Waals surface area contributed by atoms with Crippen molar-refractivity contribution in [2.75, 3.05) is 0 Å². The maximum atomic E-state index is 12.0. The summed E-state index contributed by atoms with van der Waals surface area (Å²) in [7, 11) is 0. The molecular weight excluding hydrogens is 300 g/mol. The molecule has 0 amide bonds. The van der Waals surface area contributed by atoms with Crippen LogP contribution in [0, 0.1) is 6.92 Å². The number of ketones is 1. The molecule has 0 N–H and O–H groups in total. The van der Waals surface area contributed by atoms with Gasteiger partial charge in [-0.3, -0.25) is 4.79 Å². The largest absolute Gasteiger partial charge is 0.469 e. The maximum Gasteiger partial charge on any atom is 0.206 e. The second kappa shape index (κ2) is 4.12. The van der Waals surface area contributed by atoms with Gasteiger partial charge in [0.25, 0.3) is 0 Å². The van der Waals surface area contributed by atoms with Crippen molar-refractivity contribution < 1.29 is 9.21 Å². The third kappa shape index (κ3) is 2.02. The molecule has 78 valence electrons. The fourth-order valence-electron chi connectivity index (χ4n) is 1.21. The van der Waals surface area contributed by atoms with Crippen LogP contribution in [0.25, 0.3) is 0 Å². The molecule has 0 saturated carbocycles. The van der Waals surface area contributed by atoms with Crippen LogP contribution in [0.1, 0.15) is 21.0 Å². The molecule has 0 fully saturated rings. The Labute approximate surface area is 104 Å². The lowest BCUT2D eigenvalue weighted by Gasteiger charge is -1.93. The molecule has 0 saturated heterocycles. The minimum atomic E-state index is -0.0566. The van der Waals surface area contributed by atoms with Gasteiger partial charge in [0.15, 0.2) is 0 Å². The van der Waals surface area contributed by atoms with E-state index in [2.05, 4.69) is 15.9 Å². The van der Waals surface area contributed by atoms with Crippen molar-refractivity contribution in [3.05, 3.63) is 43.4 Å². The van der Waals surface area contributed by atoms with E-state index in [1.54, 1.807) is 19.1 Å². The normalized spacial score (nSPS) is 10.6. The van der Waals surface area contributed by atoms with Gasteiger partial charge in [0.2, 0.25) is 5.78 Å². The molecule has 2 rings (SSSR count). The molecule has 5 heteroatoms. The maximum absolute atomic E-state index is 12.0. The van der Waals surface area contributed by atoms with E-state index < -0.39 is 0 Å². The quantitative estimate of drug-likeness (QED) is 0.775. The van der Waals surface area contributed by atoms with E-state index in [-0.39, 0.29) is 5.78 Å². The lowest BCUT2D eigenvalue weighted by Crippen LogP contribution is -1.98. The molecule has 0 aliphatic heterocycles. The second-order valence-electron chi connectivity index (χ2n) is 2.95. The first-order chi connectivity index (χ1) is 7.09. The Kier molecular flexibility index (Phi) is 3.00. The molecule has 2 aromatic heterocycles. The summed E-state index contributed by atoms with van der Waals surface area (Å²) in [5.41, 5.74) is 0.584. The summed E-state index contributed by atoms with van der Waals surface area (Å²) in [5.74, 6) is 0.569. The number of carbonyl (C=O) groups excluding carboxylic acids is 1. The predicted molar refractivity (Wildman–Crippen MR) is 63.9 cm³/mol. The van der Waals surface area contributed by atoms with Crippen molar-refractivity contribution in [1.29, 1.82) is 0 Å². The molecule has 0 spiro atoms. The summed E-state index contributed by atoms with van der Waals surface area (Å²) in [5, 5.41) is 0. The zero-order valence-corrected chi connectivity index (χ0v) is 10.9. The summed E-state index contributed by atoms with van der Waals surface area (Å²) in [6, 6.07) is 3.39. The Balaban J connectivity index is 2.41. The molecule has 0 bridgehead atoms. The van der Waals surface area contributed by atoms with E-state index in [1.807, 2.05) is 0 Å². The van der Waals surface area contributed by atoms with Crippen molar-refractivity contribution in [1.82, 2.24) is 0 Å². The van der Waals surface area contributed by atoms with Crippen molar-refractivity contribution in [3.63, 3.8) is 0 Å². The van der Waals surface area contributed by atoms with Crippen LogP contribution < -0.4 is 0 Å². The van der Waals surface area contributed by atoms with Gasteiger partial charge in [-0.05, 0) is 35.0 Å². The van der Waals surface area contributed by atoms with Crippen molar-refractivity contribution in [2.24, 2.45) is 0 Å². The number of carbonyl (C=O) groups is 1. The third-order valence-corrected chi connectivity index (χ3v) is 4.45. The number of hydrogen-bond acceptors (Lipinski definition) is 3. The average Bonchev–Trinajstić information content (AvgIpc) is 2.74. The van der Waals surface area contributed by atoms with Crippen LogP contribution in [0.2, 0.25) is 4.34 Å². The standard InChI is InChI=1S/C10H6BrClO2S/c1-5-6(2-3-14-5)9(13)8-4-7(11)10(12)15-8/h2-4H,1H3. The highest BCUT2D eigenvalue weighted by Gasteiger charge is 2.17. The van der Waals surface area contributed by atoms with Gasteiger partial charge in [-0.15, -0.1) is 11.3 Å². The SMILES string of the molecule is Cc1occc1C(=O)c1cc(Br)c(Cl)s1. The average molecular weight is 306 g/mol. The van der Waals surface area contributed by atoms with E-state index in [4.69, 9.17) is 16.0 Å². The summed E-state index contributed by atoms with van der Waals surface area (Å²) < 4.78 is 6.41. The van der Waals surface area contributed by atoms with Crippen LogP contribution in [-0.4, -0.2) is 5.78 Å². The topological polar surface area (TPSA) is 30.2 Å². The van der Waals surface area contributed by atoms with Crippen molar-refractivity contribution >= 4 is 44.7 Å². The lowest BCUT2D eigenvalue weighted by molar-refractivity contribution is 0.104. The highest BCUT2D eigenvalue weighted by atomic mass is 79.9. The molecule has 0 aliphatic carbocycles. The van der Waals surface area contributed by atoms with Gasteiger partial charge < -0.3 is 4.42 Å². The van der Waals surface area contributed by atoms with Gasteiger partial charge in [-0.25, -0.2) is 0 Å². The number of hydrogen-bond donors (Lipinski definition) is 0. The molecule has 2 nitrogen and oxygen atoms in total. The Morgan fingerprint density at radius 3 is 2.80 bits per heavy atom. The summed E-state index contributed by atoms with van der Waals surface area (Å²) >= 11 is 10.4. The van der Waals surface area contributed by atoms with E-state index in [0.29, 0.717) is 20.5 Å². The van der Waals surface area contributed by atoms with Crippen LogP contribution in [0.15, 0.2) is 27.3 Å². The molecule has 0 aliphatic rings. The van der Waals surface area contributed by atoms with Crippen LogP contribution in [-0.2, 0) is 0 Å². The van der Waals surface area contributed by atoms with Gasteiger partial charge in [0.1, 0.15) is 10.1 Å². The monoisotopic (exact) mass is 304 g/mol. The van der Waals surface area contributed by atoms with E-state index in [0.717, 1.165) is 4.47 Å². The first-order valence-electron chi connectivity index (χ1n) is 4.13. The van der Waals surface area contributed by atoms with E-state index in [9.17, 15) is 4.79 Å². The first kappa shape index (κ1) is 10.9. The van der Waals surface area contributed by atoms with Crippen LogP contribution in [0.4, 0.5) is 0 Å². The third-order valence-electron chi connectivity index (χ3n) is 1.97. The van der Waals surface area contributed by atoms with E-state index >= 15 is 0 Å². The number of furan rings is 1. The highest BCUT2D eigenvalue weighted by molar-refractivity contribution is 9.10. The van der Waals surface area contributed by atoms with Crippen molar-refractivity contribution in [2.45, 2.75) is 6.92 Å². The van der Waals surface area contributed by atoms with Crippen LogP contribution in [0.5, 0.6) is 0 Å². The molecular formula is C10H6BrClO2S. The minimum absolute atomic E-state index is 0.0566. The Morgan fingerprint density at radius 2 is 2.33 bits per heavy atom. The molecule has 0 unspecified atom stereocenters. The summed E-state index contributed by atoms with van der Waals surface area (Å²) in [4.78, 5) is 12.6. The lowest BCUT2D eigenvalue weighted by atomic mass is 10.1. The molecule has 15 heavy (non-hydrogen) atoms. The minimum Gasteiger partial charge on any atom is -0.469 e. The van der Waals surface area contributed by atoms with Crippen LogP contribution >= 0.6 is 38.9 Å².